The zero-order chi connectivity index (χ0) is 78.2. The number of nitrogens with zero attached hydrogens (tertiary/aromatic N) is 2. The molecule has 1 heterocycles. The zero-order valence-corrected chi connectivity index (χ0v) is 61.7. The fourth-order valence-electron chi connectivity index (χ4n) is 10.8. The summed E-state index contributed by atoms with van der Waals surface area (Å²) in [5.41, 5.74) is 19.9. The van der Waals surface area contributed by atoms with E-state index in [0.717, 1.165) is 11.1 Å². The van der Waals surface area contributed by atoms with Crippen molar-refractivity contribution in [2.45, 2.75) is 178 Å². The number of aliphatic imine (C=N–C) groups is 1. The standard InChI is InChI=1S/C74H98N14O18S/c1-46-32-34-54(35-33-46)107(100,101)87-72(77)78-36-20-30-55(83-73(99)106-74(5,6)7)67(94)86-63(48(3)104-43-52-26-16-10-17-27-52)70(97)82-56(38-59(75)89)68(95)85-62(47(2)103-42-51-24-14-9-15-25-51)69(96)80-39-60(90)81-57(45-102-41-50-22-12-8-13-23-50)66(93)79-40-61(91)84-64(49(4)105-44-53-28-18-11-19-29-53)71(98)88-37-21-31-58(88)65(76)92/h8-19,22-29,32-35,47-49,55-58,62-64H,20-21,30-31,36-45H2,1-7H3,(H2,75,89)(H2,76,92)(H,79,93)(H,80,96)(H,81,90)(H,82,97)(H,83,99)(H,84,91)(H,85,95)(H,86,94)(H3,77,78,87)/t47-,48-,49-,55+,56+,57+,58+,62+,63+,64+/m1/s1. The molecule has 0 aromatic heterocycles. The van der Waals surface area contributed by atoms with Crippen molar-refractivity contribution in [2.75, 3.05) is 32.8 Å². The van der Waals surface area contributed by atoms with E-state index in [1.165, 1.54) is 30.9 Å². The number of hydrogen-bond acceptors (Lipinski definition) is 19. The second-order valence-corrected chi connectivity index (χ2v) is 28.1. The summed E-state index contributed by atoms with van der Waals surface area (Å²) in [6.45, 7) is 8.71. The third kappa shape index (κ3) is 29.5. The molecule has 0 radical (unpaired) electrons. The zero-order valence-electron chi connectivity index (χ0n) is 60.9. The lowest BCUT2D eigenvalue weighted by Gasteiger charge is -2.31. The number of rotatable bonds is 41. The van der Waals surface area contributed by atoms with Crippen LogP contribution in [0.5, 0.6) is 0 Å². The number of guanidine groups is 1. The molecule has 15 N–H and O–H groups in total. The molecule has 1 aliphatic rings. The maximum Gasteiger partial charge on any atom is 0.408 e. The highest BCUT2D eigenvalue weighted by Gasteiger charge is 2.41. The molecule has 33 heteroatoms. The van der Waals surface area contributed by atoms with Gasteiger partial charge in [0.05, 0.1) is 75.8 Å². The molecule has 0 spiro atoms. The lowest BCUT2D eigenvalue weighted by molar-refractivity contribution is -0.144. The molecule has 0 bridgehead atoms. The van der Waals surface area contributed by atoms with Gasteiger partial charge in [0, 0.05) is 13.1 Å². The van der Waals surface area contributed by atoms with E-state index in [1.807, 2.05) is 18.2 Å². The average molecular weight is 1500 g/mol. The van der Waals surface area contributed by atoms with Gasteiger partial charge in [-0.2, -0.15) is 0 Å². The first kappa shape index (κ1) is 85.1. The Morgan fingerprint density at radius 1 is 0.542 bits per heavy atom. The molecular weight excluding hydrogens is 1400 g/mol. The summed E-state index contributed by atoms with van der Waals surface area (Å²) < 4.78 is 57.8. The number of nitrogens with one attached hydrogen (secondary N) is 9. The second-order valence-electron chi connectivity index (χ2n) is 26.4. The van der Waals surface area contributed by atoms with E-state index in [2.05, 4.69) is 52.2 Å². The van der Waals surface area contributed by atoms with Crippen LogP contribution < -0.4 is 64.5 Å². The maximum absolute atomic E-state index is 14.8. The van der Waals surface area contributed by atoms with Crippen molar-refractivity contribution in [2.24, 2.45) is 22.2 Å². The Morgan fingerprint density at radius 3 is 1.50 bits per heavy atom. The van der Waals surface area contributed by atoms with Crippen molar-refractivity contribution >= 4 is 81.1 Å². The Morgan fingerprint density at radius 2 is 1.01 bits per heavy atom. The van der Waals surface area contributed by atoms with E-state index in [9.17, 15) is 61.2 Å². The fraction of sp³-hybridized carbons (Fsp3) is 0.432. The van der Waals surface area contributed by atoms with Gasteiger partial charge in [0.15, 0.2) is 0 Å². The number of benzene rings is 5. The molecule has 0 aliphatic carbocycles. The minimum Gasteiger partial charge on any atom is -0.444 e. The van der Waals surface area contributed by atoms with E-state index < -0.39 is 173 Å². The van der Waals surface area contributed by atoms with Crippen LogP contribution in [0, 0.1) is 6.92 Å². The van der Waals surface area contributed by atoms with Gasteiger partial charge in [-0.25, -0.2) is 17.9 Å². The summed E-state index contributed by atoms with van der Waals surface area (Å²) in [7, 11) is -4.13. The van der Waals surface area contributed by atoms with E-state index in [4.69, 9.17) is 40.9 Å². The van der Waals surface area contributed by atoms with Gasteiger partial charge in [-0.05, 0) is 109 Å². The maximum atomic E-state index is 14.8. The average Bonchev–Trinajstić information content (AvgIpc) is 1.77. The van der Waals surface area contributed by atoms with Gasteiger partial charge in [-0.3, -0.25) is 52.9 Å². The minimum absolute atomic E-state index is 0.0163. The quantitative estimate of drug-likeness (QED) is 0.0149. The van der Waals surface area contributed by atoms with Crippen molar-refractivity contribution in [3.05, 3.63) is 173 Å². The van der Waals surface area contributed by atoms with Gasteiger partial charge < -0.3 is 88.3 Å². The summed E-state index contributed by atoms with van der Waals surface area (Å²) in [6.07, 6.45) is -4.82. The number of amides is 11. The number of primary amides is 2. The van der Waals surface area contributed by atoms with E-state index in [-0.39, 0.29) is 57.3 Å². The summed E-state index contributed by atoms with van der Waals surface area (Å²) >= 11 is 0. The first-order chi connectivity index (χ1) is 50.9. The Kier molecular flexibility index (Phi) is 33.6. The SMILES string of the molecule is Cc1ccc(S(=O)(=O)NC(N)=NCCC[C@H](NC(=O)OC(C)(C)C)C(=O)N[C@H](C(=O)N[C@@H](CC(N)=O)C(=O)N[C@H](C(=O)NCC(=O)N[C@@H](COCc2ccccc2)C(=O)NCC(=O)N[C@H](C(=O)N2CCC[C@H]2C(N)=O)[C@@H](C)OCc2ccccc2)[C@@H](C)OCc2ccccc2)[C@@H](C)OCc2ccccc2)cc1. The fourth-order valence-corrected chi connectivity index (χ4v) is 11.8. The third-order valence-corrected chi connectivity index (χ3v) is 17.9. The van der Waals surface area contributed by atoms with Crippen LogP contribution in [0.15, 0.2) is 155 Å². The Balaban J connectivity index is 1.20. The number of hydrogen-bond donors (Lipinski definition) is 12. The lowest BCUT2D eigenvalue weighted by atomic mass is 10.1. The summed E-state index contributed by atoms with van der Waals surface area (Å²) in [5.74, 6) is -10.0. The van der Waals surface area contributed by atoms with Crippen molar-refractivity contribution in [3.63, 3.8) is 0 Å². The minimum atomic E-state index is -4.13. The molecule has 578 valence electrons. The first-order valence-electron chi connectivity index (χ1n) is 34.8. The lowest BCUT2D eigenvalue weighted by Crippen LogP contribution is -2.62. The summed E-state index contributed by atoms with van der Waals surface area (Å²) in [6, 6.07) is 30.6. The predicted octanol–water partition coefficient (Wildman–Crippen LogP) is 1.30. The predicted molar refractivity (Wildman–Crippen MR) is 392 cm³/mol. The van der Waals surface area contributed by atoms with Gasteiger partial charge in [0.1, 0.15) is 47.9 Å². The van der Waals surface area contributed by atoms with E-state index >= 15 is 0 Å². The highest BCUT2D eigenvalue weighted by atomic mass is 32.2. The number of aryl methyl sites for hydroxylation is 1. The molecule has 32 nitrogen and oxygen atoms in total. The highest BCUT2D eigenvalue weighted by molar-refractivity contribution is 7.90. The van der Waals surface area contributed by atoms with E-state index in [0.29, 0.717) is 29.5 Å². The Hall–Kier alpha value is -10.9. The molecule has 6 rings (SSSR count). The number of likely N-dealkylation sites (tertiary alicyclic amines) is 1. The van der Waals surface area contributed by atoms with Crippen molar-refractivity contribution in [1.82, 2.24) is 52.2 Å². The normalized spacial score (nSPS) is 15.5. The molecule has 1 saturated heterocycles. The van der Waals surface area contributed by atoms with Crippen LogP contribution in [0.2, 0.25) is 0 Å². The van der Waals surface area contributed by atoms with Gasteiger partial charge in [0.25, 0.3) is 10.0 Å². The smallest absolute Gasteiger partial charge is 0.408 e. The molecular formula is C74H98N14O18S. The second kappa shape index (κ2) is 42.3. The molecule has 10 atom stereocenters. The number of carbonyl (C=O) groups excluding carboxylic acids is 11. The van der Waals surface area contributed by atoms with Gasteiger partial charge in [0.2, 0.25) is 65.0 Å². The first-order valence-corrected chi connectivity index (χ1v) is 36.2. The molecule has 107 heavy (non-hydrogen) atoms. The van der Waals surface area contributed by atoms with Crippen LogP contribution in [0.4, 0.5) is 4.79 Å². The Labute approximate surface area is 621 Å². The number of ether oxygens (including phenoxy) is 5. The molecule has 5 aromatic rings. The summed E-state index contributed by atoms with van der Waals surface area (Å²) in [5, 5.41) is 20.1. The highest BCUT2D eigenvalue weighted by Crippen LogP contribution is 2.21. The topological polar surface area (TPSA) is 470 Å². The molecule has 1 fully saturated rings. The van der Waals surface area contributed by atoms with Crippen LogP contribution in [-0.4, -0.2) is 183 Å². The number of nitrogens with two attached hydrogens (primary N) is 3. The van der Waals surface area contributed by atoms with Crippen LogP contribution in [0.25, 0.3) is 0 Å². The van der Waals surface area contributed by atoms with Crippen molar-refractivity contribution in [3.8, 4) is 0 Å². The van der Waals surface area contributed by atoms with Crippen LogP contribution >= 0.6 is 0 Å². The van der Waals surface area contributed by atoms with Gasteiger partial charge in [-0.15, -0.1) is 0 Å². The van der Waals surface area contributed by atoms with Crippen molar-refractivity contribution < 1.29 is 84.8 Å². The molecule has 1 aliphatic heterocycles. The monoisotopic (exact) mass is 1500 g/mol. The van der Waals surface area contributed by atoms with Gasteiger partial charge >= 0.3 is 6.09 Å². The largest absolute Gasteiger partial charge is 0.444 e. The van der Waals surface area contributed by atoms with Crippen molar-refractivity contribution in [1.29, 1.82) is 0 Å². The molecule has 0 unspecified atom stereocenters. The number of sulfonamides is 1. The number of alkyl carbamates (subject to hydrolysis) is 1. The molecule has 5 aromatic carbocycles. The van der Waals surface area contributed by atoms with Gasteiger partial charge in [-0.1, -0.05) is 139 Å². The molecule has 11 amide bonds. The number of carbonyl (C=O) groups is 11. The van der Waals surface area contributed by atoms with Crippen LogP contribution in [0.1, 0.15) is 101 Å². The Bertz CT molecular complexity index is 3930. The molecule has 0 saturated carbocycles. The van der Waals surface area contributed by atoms with Crippen LogP contribution in [0.3, 0.4) is 0 Å². The third-order valence-electron chi connectivity index (χ3n) is 16.5. The van der Waals surface area contributed by atoms with E-state index in [1.54, 1.807) is 150 Å². The summed E-state index contributed by atoms with van der Waals surface area (Å²) in [4.78, 5) is 158. The van der Waals surface area contributed by atoms with Crippen LogP contribution in [-0.2, 0) is 108 Å².